The summed E-state index contributed by atoms with van der Waals surface area (Å²) in [7, 11) is 0. The molecule has 4 nitrogen and oxygen atoms in total. The van der Waals surface area contributed by atoms with Crippen LogP contribution in [0.4, 0.5) is 0 Å². The van der Waals surface area contributed by atoms with Crippen LogP contribution in [-0.4, -0.2) is 34.5 Å². The van der Waals surface area contributed by atoms with Gasteiger partial charge in [-0.15, -0.1) is 0 Å². The molecule has 2 atom stereocenters. The number of rotatable bonds is 4. The molecule has 1 aliphatic heterocycles. The van der Waals surface area contributed by atoms with Crippen LogP contribution in [0.3, 0.4) is 0 Å². The molecule has 1 rings (SSSR count). The summed E-state index contributed by atoms with van der Waals surface area (Å²) in [6.45, 7) is 4.67. The minimum Gasteiger partial charge on any atom is -0.480 e. The van der Waals surface area contributed by atoms with Gasteiger partial charge in [-0.05, 0) is 25.2 Å². The number of carbonyl (C=O) groups excluding carboxylic acids is 1. The van der Waals surface area contributed by atoms with Crippen LogP contribution < -0.4 is 0 Å². The van der Waals surface area contributed by atoms with E-state index in [9.17, 15) is 9.59 Å². The SMILES string of the molecule is CCC(C)CC(=O)N1CCCC[C@@H]1C(=O)O. The number of carbonyl (C=O) groups is 2. The average molecular weight is 227 g/mol. The number of carboxylic acids is 1. The summed E-state index contributed by atoms with van der Waals surface area (Å²) >= 11 is 0. The van der Waals surface area contributed by atoms with Crippen LogP contribution in [0.15, 0.2) is 0 Å². The molecule has 1 saturated heterocycles. The fraction of sp³-hybridized carbons (Fsp3) is 0.833. The van der Waals surface area contributed by atoms with E-state index in [1.165, 1.54) is 0 Å². The summed E-state index contributed by atoms with van der Waals surface area (Å²) in [4.78, 5) is 24.5. The smallest absolute Gasteiger partial charge is 0.326 e. The Labute approximate surface area is 96.6 Å². The molecule has 1 unspecified atom stereocenters. The lowest BCUT2D eigenvalue weighted by Crippen LogP contribution is -2.48. The van der Waals surface area contributed by atoms with Gasteiger partial charge < -0.3 is 10.0 Å². The van der Waals surface area contributed by atoms with Crippen molar-refractivity contribution >= 4 is 11.9 Å². The molecule has 0 spiro atoms. The first-order valence-electron chi connectivity index (χ1n) is 6.08. The van der Waals surface area contributed by atoms with Gasteiger partial charge in [0, 0.05) is 13.0 Å². The van der Waals surface area contributed by atoms with Crippen LogP contribution in [0.1, 0.15) is 46.0 Å². The maximum atomic E-state index is 11.9. The van der Waals surface area contributed by atoms with Crippen molar-refractivity contribution in [3.8, 4) is 0 Å². The van der Waals surface area contributed by atoms with Crippen molar-refractivity contribution in [3.05, 3.63) is 0 Å². The number of likely N-dealkylation sites (tertiary alicyclic amines) is 1. The quantitative estimate of drug-likeness (QED) is 0.797. The molecule has 0 aromatic carbocycles. The molecule has 92 valence electrons. The Hall–Kier alpha value is -1.06. The Morgan fingerprint density at radius 1 is 1.44 bits per heavy atom. The van der Waals surface area contributed by atoms with E-state index in [4.69, 9.17) is 5.11 Å². The number of carboxylic acid groups (broad SMARTS) is 1. The third-order valence-electron chi connectivity index (χ3n) is 3.33. The fourth-order valence-corrected chi connectivity index (χ4v) is 2.05. The molecule has 0 aliphatic carbocycles. The van der Waals surface area contributed by atoms with E-state index >= 15 is 0 Å². The lowest BCUT2D eigenvalue weighted by atomic mass is 9.99. The highest BCUT2D eigenvalue weighted by atomic mass is 16.4. The second-order valence-electron chi connectivity index (χ2n) is 4.65. The lowest BCUT2D eigenvalue weighted by molar-refractivity contribution is -0.152. The van der Waals surface area contributed by atoms with E-state index in [0.717, 1.165) is 19.3 Å². The zero-order chi connectivity index (χ0) is 12.1. The zero-order valence-electron chi connectivity index (χ0n) is 10.1. The third-order valence-corrected chi connectivity index (χ3v) is 3.33. The van der Waals surface area contributed by atoms with Gasteiger partial charge in [0.05, 0.1) is 0 Å². The second kappa shape index (κ2) is 5.87. The van der Waals surface area contributed by atoms with Crippen LogP contribution in [-0.2, 0) is 9.59 Å². The van der Waals surface area contributed by atoms with E-state index in [1.807, 2.05) is 13.8 Å². The van der Waals surface area contributed by atoms with Crippen LogP contribution in [0.5, 0.6) is 0 Å². The van der Waals surface area contributed by atoms with E-state index in [-0.39, 0.29) is 5.91 Å². The molecule has 1 aliphatic rings. The zero-order valence-corrected chi connectivity index (χ0v) is 10.1. The molecule has 0 aromatic rings. The molecule has 1 amide bonds. The number of hydrogen-bond acceptors (Lipinski definition) is 2. The van der Waals surface area contributed by atoms with Gasteiger partial charge in [-0.3, -0.25) is 4.79 Å². The van der Waals surface area contributed by atoms with Crippen molar-refractivity contribution in [1.82, 2.24) is 4.90 Å². The number of amides is 1. The van der Waals surface area contributed by atoms with Crippen molar-refractivity contribution in [2.75, 3.05) is 6.54 Å². The Morgan fingerprint density at radius 2 is 2.12 bits per heavy atom. The Kier molecular flexibility index (Phi) is 4.77. The van der Waals surface area contributed by atoms with Crippen molar-refractivity contribution in [2.45, 2.75) is 52.0 Å². The van der Waals surface area contributed by atoms with Crippen LogP contribution >= 0.6 is 0 Å². The highest BCUT2D eigenvalue weighted by Crippen LogP contribution is 2.20. The summed E-state index contributed by atoms with van der Waals surface area (Å²) in [5.74, 6) is -0.525. The van der Waals surface area contributed by atoms with Crippen molar-refractivity contribution < 1.29 is 14.7 Å². The molecule has 4 heteroatoms. The summed E-state index contributed by atoms with van der Waals surface area (Å²) in [5, 5.41) is 9.05. The van der Waals surface area contributed by atoms with E-state index in [1.54, 1.807) is 4.90 Å². The van der Waals surface area contributed by atoms with Gasteiger partial charge in [0.2, 0.25) is 5.91 Å². The summed E-state index contributed by atoms with van der Waals surface area (Å²) in [6.07, 6.45) is 3.86. The number of piperidine rings is 1. The molecule has 0 radical (unpaired) electrons. The third kappa shape index (κ3) is 3.22. The molecule has 0 bridgehead atoms. The first-order chi connectivity index (χ1) is 7.56. The monoisotopic (exact) mass is 227 g/mol. The van der Waals surface area contributed by atoms with E-state index < -0.39 is 12.0 Å². The van der Waals surface area contributed by atoms with Gasteiger partial charge in [0.15, 0.2) is 0 Å². The van der Waals surface area contributed by atoms with Crippen LogP contribution in [0.2, 0.25) is 0 Å². The predicted octanol–water partition coefficient (Wildman–Crippen LogP) is 1.89. The topological polar surface area (TPSA) is 57.6 Å². The minimum atomic E-state index is -0.864. The molecule has 1 fully saturated rings. The largest absolute Gasteiger partial charge is 0.480 e. The molecule has 0 saturated carbocycles. The standard InChI is InChI=1S/C12H21NO3/c1-3-9(2)8-11(14)13-7-5-4-6-10(13)12(15)16/h9-10H,3-8H2,1-2H3,(H,15,16)/t9?,10-/m1/s1. The van der Waals surface area contributed by atoms with Gasteiger partial charge >= 0.3 is 5.97 Å². The van der Waals surface area contributed by atoms with Crippen molar-refractivity contribution in [3.63, 3.8) is 0 Å². The van der Waals surface area contributed by atoms with E-state index in [0.29, 0.717) is 25.3 Å². The lowest BCUT2D eigenvalue weighted by Gasteiger charge is -2.33. The molecule has 16 heavy (non-hydrogen) atoms. The number of nitrogens with zero attached hydrogens (tertiary/aromatic N) is 1. The maximum Gasteiger partial charge on any atom is 0.326 e. The molecule has 0 aromatic heterocycles. The minimum absolute atomic E-state index is 0.00134. The second-order valence-corrected chi connectivity index (χ2v) is 4.65. The molecule has 1 heterocycles. The highest BCUT2D eigenvalue weighted by Gasteiger charge is 2.31. The van der Waals surface area contributed by atoms with Gasteiger partial charge in [-0.1, -0.05) is 20.3 Å². The van der Waals surface area contributed by atoms with E-state index in [2.05, 4.69) is 0 Å². The number of hydrogen-bond donors (Lipinski definition) is 1. The summed E-state index contributed by atoms with van der Waals surface area (Å²) in [5.41, 5.74) is 0. The van der Waals surface area contributed by atoms with Crippen LogP contribution in [0, 0.1) is 5.92 Å². The van der Waals surface area contributed by atoms with Gasteiger partial charge in [0.25, 0.3) is 0 Å². The average Bonchev–Trinajstić information content (AvgIpc) is 2.28. The number of aliphatic carboxylic acids is 1. The molecular weight excluding hydrogens is 206 g/mol. The van der Waals surface area contributed by atoms with Gasteiger partial charge in [-0.2, -0.15) is 0 Å². The van der Waals surface area contributed by atoms with Crippen LogP contribution in [0.25, 0.3) is 0 Å². The first kappa shape index (κ1) is 13.0. The molecular formula is C12H21NO3. The summed E-state index contributed by atoms with van der Waals surface area (Å²) < 4.78 is 0. The Bertz CT molecular complexity index is 265. The molecule has 1 N–H and O–H groups in total. The Morgan fingerprint density at radius 3 is 2.69 bits per heavy atom. The fourth-order valence-electron chi connectivity index (χ4n) is 2.05. The summed E-state index contributed by atoms with van der Waals surface area (Å²) in [6, 6.07) is -0.592. The van der Waals surface area contributed by atoms with Crippen molar-refractivity contribution in [2.24, 2.45) is 5.92 Å². The normalized spacial score (nSPS) is 22.9. The van der Waals surface area contributed by atoms with Crippen molar-refractivity contribution in [1.29, 1.82) is 0 Å². The van der Waals surface area contributed by atoms with Gasteiger partial charge in [-0.25, -0.2) is 4.79 Å². The maximum absolute atomic E-state index is 11.9. The highest BCUT2D eigenvalue weighted by molar-refractivity contribution is 5.84. The first-order valence-corrected chi connectivity index (χ1v) is 6.08. The Balaban J connectivity index is 2.60. The van der Waals surface area contributed by atoms with Gasteiger partial charge in [0.1, 0.15) is 6.04 Å². The predicted molar refractivity (Wildman–Crippen MR) is 61.1 cm³/mol.